The van der Waals surface area contributed by atoms with E-state index in [2.05, 4.69) is 11.4 Å². The normalized spacial score (nSPS) is 10.2. The van der Waals surface area contributed by atoms with E-state index in [4.69, 9.17) is 9.47 Å². The summed E-state index contributed by atoms with van der Waals surface area (Å²) in [5.74, 6) is 1.59. The molecular weight excluding hydrogens is 290 g/mol. The Bertz CT molecular complexity index is 630. The van der Waals surface area contributed by atoms with Gasteiger partial charge in [0.1, 0.15) is 11.5 Å². The molecule has 0 fully saturated rings. The molecule has 0 unspecified atom stereocenters. The monoisotopic (exact) mass is 313 g/mol. The lowest BCUT2D eigenvalue weighted by Crippen LogP contribution is -2.24. The first-order chi connectivity index (χ1) is 11.1. The molecule has 2 aromatic carbocycles. The van der Waals surface area contributed by atoms with Gasteiger partial charge in [-0.25, -0.2) is 0 Å². The van der Waals surface area contributed by atoms with Crippen molar-refractivity contribution in [1.82, 2.24) is 5.32 Å². The van der Waals surface area contributed by atoms with E-state index in [0.717, 1.165) is 28.2 Å². The van der Waals surface area contributed by atoms with Crippen LogP contribution in [-0.4, -0.2) is 19.6 Å². The van der Waals surface area contributed by atoms with Crippen LogP contribution in [0.1, 0.15) is 23.1 Å². The maximum Gasteiger partial charge on any atom is 0.223 e. The number of nitrogens with one attached hydrogen (secondary N) is 1. The molecule has 0 atom stereocenters. The average molecular weight is 313 g/mol. The molecule has 0 aliphatic heterocycles. The van der Waals surface area contributed by atoms with Crippen molar-refractivity contribution in [2.45, 2.75) is 26.8 Å². The molecule has 0 heterocycles. The molecular formula is C19H23NO3. The fourth-order valence-corrected chi connectivity index (χ4v) is 2.31. The summed E-state index contributed by atoms with van der Waals surface area (Å²) < 4.78 is 10.7. The van der Waals surface area contributed by atoms with Gasteiger partial charge in [0.05, 0.1) is 20.1 Å². The molecule has 0 aromatic heterocycles. The van der Waals surface area contributed by atoms with Crippen molar-refractivity contribution in [3.05, 3.63) is 59.2 Å². The Morgan fingerprint density at radius 1 is 1.00 bits per heavy atom. The number of hydrogen-bond donors (Lipinski definition) is 1. The Balaban J connectivity index is 1.72. The molecule has 1 amide bonds. The van der Waals surface area contributed by atoms with Gasteiger partial charge in [0.15, 0.2) is 0 Å². The predicted molar refractivity (Wildman–Crippen MR) is 90.9 cm³/mol. The first kappa shape index (κ1) is 16.9. The maximum absolute atomic E-state index is 11.8. The molecule has 0 bridgehead atoms. The van der Waals surface area contributed by atoms with Gasteiger partial charge in [-0.15, -0.1) is 0 Å². The van der Waals surface area contributed by atoms with E-state index in [9.17, 15) is 4.79 Å². The van der Waals surface area contributed by atoms with Crippen molar-refractivity contribution in [1.29, 1.82) is 0 Å². The van der Waals surface area contributed by atoms with Gasteiger partial charge in [-0.05, 0) is 54.8 Å². The molecule has 0 radical (unpaired) electrons. The number of aryl methyl sites for hydroxylation is 2. The van der Waals surface area contributed by atoms with Gasteiger partial charge in [0.25, 0.3) is 0 Å². The number of amides is 1. The highest BCUT2D eigenvalue weighted by molar-refractivity contribution is 5.76. The second-order valence-corrected chi connectivity index (χ2v) is 5.55. The van der Waals surface area contributed by atoms with Gasteiger partial charge < -0.3 is 14.8 Å². The van der Waals surface area contributed by atoms with Crippen molar-refractivity contribution in [2.24, 2.45) is 0 Å². The van der Waals surface area contributed by atoms with E-state index in [1.165, 1.54) is 0 Å². The summed E-state index contributed by atoms with van der Waals surface area (Å²) in [6.45, 7) is 4.94. The van der Waals surface area contributed by atoms with Gasteiger partial charge in [-0.3, -0.25) is 4.79 Å². The Morgan fingerprint density at radius 2 is 1.65 bits per heavy atom. The molecule has 0 saturated carbocycles. The number of rotatable bonds is 7. The molecule has 1 N–H and O–H groups in total. The lowest BCUT2D eigenvalue weighted by Gasteiger charge is -2.09. The van der Waals surface area contributed by atoms with E-state index in [1.54, 1.807) is 7.11 Å². The lowest BCUT2D eigenvalue weighted by molar-refractivity contribution is -0.121. The fraction of sp³-hybridized carbons (Fsp3) is 0.316. The van der Waals surface area contributed by atoms with Crippen molar-refractivity contribution in [3.8, 4) is 11.5 Å². The topological polar surface area (TPSA) is 47.6 Å². The lowest BCUT2D eigenvalue weighted by atomic mass is 10.1. The highest BCUT2D eigenvalue weighted by atomic mass is 16.5. The predicted octanol–water partition coefficient (Wildman–Crippen LogP) is 3.40. The molecule has 4 nitrogen and oxygen atoms in total. The standard InChI is InChI=1S/C19H23NO3/c1-14-10-15(2)12-18(11-14)23-9-8-19(21)20-13-16-4-6-17(22-3)7-5-16/h4-7,10-12H,8-9,13H2,1-3H3,(H,20,21). The quantitative estimate of drug-likeness (QED) is 0.852. The summed E-state index contributed by atoms with van der Waals surface area (Å²) in [7, 11) is 1.63. The number of carbonyl (C=O) groups excluding carboxylic acids is 1. The van der Waals surface area contributed by atoms with Crippen LogP contribution in [0, 0.1) is 13.8 Å². The van der Waals surface area contributed by atoms with Gasteiger partial charge in [-0.1, -0.05) is 18.2 Å². The smallest absolute Gasteiger partial charge is 0.223 e. The van der Waals surface area contributed by atoms with Crippen molar-refractivity contribution in [2.75, 3.05) is 13.7 Å². The molecule has 0 aliphatic rings. The SMILES string of the molecule is COc1ccc(CNC(=O)CCOc2cc(C)cc(C)c2)cc1. The number of ether oxygens (including phenoxy) is 2. The highest BCUT2D eigenvalue weighted by Crippen LogP contribution is 2.16. The van der Waals surface area contributed by atoms with Crippen LogP contribution in [0.25, 0.3) is 0 Å². The van der Waals surface area contributed by atoms with Gasteiger partial charge in [-0.2, -0.15) is 0 Å². The zero-order valence-electron chi connectivity index (χ0n) is 13.9. The Morgan fingerprint density at radius 3 is 2.26 bits per heavy atom. The third-order valence-corrected chi connectivity index (χ3v) is 3.44. The van der Waals surface area contributed by atoms with E-state index < -0.39 is 0 Å². The number of methoxy groups -OCH3 is 1. The minimum absolute atomic E-state index is 0.0230. The first-order valence-corrected chi connectivity index (χ1v) is 7.67. The molecule has 0 aliphatic carbocycles. The molecule has 23 heavy (non-hydrogen) atoms. The van der Waals surface area contributed by atoms with Gasteiger partial charge in [0, 0.05) is 6.54 Å². The summed E-state index contributed by atoms with van der Waals surface area (Å²) in [6, 6.07) is 13.7. The number of benzene rings is 2. The van der Waals surface area contributed by atoms with Crippen molar-refractivity contribution >= 4 is 5.91 Å². The average Bonchev–Trinajstić information content (AvgIpc) is 2.52. The van der Waals surface area contributed by atoms with E-state index >= 15 is 0 Å². The van der Waals surface area contributed by atoms with Crippen LogP contribution in [0.15, 0.2) is 42.5 Å². The minimum atomic E-state index is -0.0230. The zero-order valence-corrected chi connectivity index (χ0v) is 13.9. The van der Waals surface area contributed by atoms with Crippen LogP contribution in [0.4, 0.5) is 0 Å². The molecule has 2 rings (SSSR count). The highest BCUT2D eigenvalue weighted by Gasteiger charge is 2.03. The summed E-state index contributed by atoms with van der Waals surface area (Å²) >= 11 is 0. The number of carbonyl (C=O) groups is 1. The van der Waals surface area contributed by atoms with Crippen LogP contribution in [0.3, 0.4) is 0 Å². The van der Waals surface area contributed by atoms with Crippen LogP contribution in [0.5, 0.6) is 11.5 Å². The third-order valence-electron chi connectivity index (χ3n) is 3.44. The largest absolute Gasteiger partial charge is 0.497 e. The second kappa shape index (κ2) is 8.22. The van der Waals surface area contributed by atoms with E-state index in [1.807, 2.05) is 50.2 Å². The van der Waals surface area contributed by atoms with Gasteiger partial charge >= 0.3 is 0 Å². The second-order valence-electron chi connectivity index (χ2n) is 5.55. The fourth-order valence-electron chi connectivity index (χ4n) is 2.31. The van der Waals surface area contributed by atoms with Crippen LogP contribution in [0.2, 0.25) is 0 Å². The summed E-state index contributed by atoms with van der Waals surface area (Å²) in [5, 5.41) is 2.89. The minimum Gasteiger partial charge on any atom is -0.497 e. The summed E-state index contributed by atoms with van der Waals surface area (Å²) in [4.78, 5) is 11.8. The number of hydrogen-bond acceptors (Lipinski definition) is 3. The van der Waals surface area contributed by atoms with E-state index in [0.29, 0.717) is 19.6 Å². The maximum atomic E-state index is 11.8. The van der Waals surface area contributed by atoms with Crippen LogP contribution < -0.4 is 14.8 Å². The third kappa shape index (κ3) is 5.66. The Labute approximate surface area is 137 Å². The molecule has 4 heteroatoms. The van der Waals surface area contributed by atoms with E-state index in [-0.39, 0.29) is 5.91 Å². The van der Waals surface area contributed by atoms with Crippen molar-refractivity contribution < 1.29 is 14.3 Å². The summed E-state index contributed by atoms with van der Waals surface area (Å²) in [6.07, 6.45) is 0.336. The molecule has 0 spiro atoms. The van der Waals surface area contributed by atoms with Crippen LogP contribution in [-0.2, 0) is 11.3 Å². The molecule has 122 valence electrons. The van der Waals surface area contributed by atoms with Gasteiger partial charge in [0.2, 0.25) is 5.91 Å². The Kier molecular flexibility index (Phi) is 6.03. The molecule has 0 saturated heterocycles. The first-order valence-electron chi connectivity index (χ1n) is 7.67. The van der Waals surface area contributed by atoms with Crippen LogP contribution >= 0.6 is 0 Å². The summed E-state index contributed by atoms with van der Waals surface area (Å²) in [5.41, 5.74) is 3.35. The molecule has 2 aromatic rings. The zero-order chi connectivity index (χ0) is 16.7. The Hall–Kier alpha value is -2.49. The van der Waals surface area contributed by atoms with Crippen molar-refractivity contribution in [3.63, 3.8) is 0 Å².